The van der Waals surface area contributed by atoms with Gasteiger partial charge in [-0.25, -0.2) is 4.79 Å². The number of aromatic nitrogens is 1. The van der Waals surface area contributed by atoms with Crippen molar-refractivity contribution in [1.82, 2.24) is 4.98 Å². The zero-order chi connectivity index (χ0) is 10.7. The number of nitrogens with one attached hydrogen (secondary N) is 1. The average molecular weight is 201 g/mol. The molecule has 15 heavy (non-hydrogen) atoms. The minimum Gasteiger partial charge on any atom is -0.478 e. The van der Waals surface area contributed by atoms with Gasteiger partial charge in [-0.2, -0.15) is 0 Å². The van der Waals surface area contributed by atoms with Crippen molar-refractivity contribution in [2.24, 2.45) is 0 Å². The van der Waals surface area contributed by atoms with Crippen LogP contribution in [0.3, 0.4) is 0 Å². The maximum absolute atomic E-state index is 10.9. The lowest BCUT2D eigenvalue weighted by atomic mass is 10.0. The molecular formula is C12H11NO2. The number of hydrogen-bond acceptors (Lipinski definition) is 1. The summed E-state index contributed by atoms with van der Waals surface area (Å²) < 4.78 is 0. The van der Waals surface area contributed by atoms with E-state index in [2.05, 4.69) is 4.98 Å². The van der Waals surface area contributed by atoms with Gasteiger partial charge in [0.2, 0.25) is 0 Å². The summed E-state index contributed by atoms with van der Waals surface area (Å²) in [5.74, 6) is -0.887. The normalized spacial score (nSPS) is 10.1. The molecule has 0 atom stereocenters. The highest BCUT2D eigenvalue weighted by atomic mass is 16.4. The first kappa shape index (κ1) is 9.52. The van der Waals surface area contributed by atoms with E-state index in [1.165, 1.54) is 6.20 Å². The Kier molecular flexibility index (Phi) is 2.54. The molecule has 3 nitrogen and oxygen atoms in total. The SMILES string of the molecule is O=C(O)c1c[nH]cc1Cc1ccccc1. The molecule has 2 rings (SSSR count). The fraction of sp³-hybridized carbons (Fsp3) is 0.0833. The van der Waals surface area contributed by atoms with Gasteiger partial charge in [-0.1, -0.05) is 30.3 Å². The van der Waals surface area contributed by atoms with Gasteiger partial charge in [-0.15, -0.1) is 0 Å². The van der Waals surface area contributed by atoms with Crippen LogP contribution < -0.4 is 0 Å². The Morgan fingerprint density at radius 3 is 2.60 bits per heavy atom. The number of aromatic amines is 1. The van der Waals surface area contributed by atoms with E-state index in [9.17, 15) is 4.79 Å². The zero-order valence-corrected chi connectivity index (χ0v) is 8.10. The molecule has 2 N–H and O–H groups in total. The van der Waals surface area contributed by atoms with Crippen molar-refractivity contribution in [3.05, 3.63) is 59.4 Å². The van der Waals surface area contributed by atoms with Crippen LogP contribution >= 0.6 is 0 Å². The van der Waals surface area contributed by atoms with Crippen molar-refractivity contribution in [2.75, 3.05) is 0 Å². The first-order valence-corrected chi connectivity index (χ1v) is 4.70. The molecule has 0 aliphatic carbocycles. The highest BCUT2D eigenvalue weighted by molar-refractivity contribution is 5.89. The summed E-state index contributed by atoms with van der Waals surface area (Å²) >= 11 is 0. The molecule has 0 bridgehead atoms. The Hall–Kier alpha value is -2.03. The molecular weight excluding hydrogens is 190 g/mol. The Balaban J connectivity index is 2.25. The maximum atomic E-state index is 10.9. The summed E-state index contributed by atoms with van der Waals surface area (Å²) in [4.78, 5) is 13.7. The number of benzene rings is 1. The monoisotopic (exact) mass is 201 g/mol. The quantitative estimate of drug-likeness (QED) is 0.800. The number of carboxylic acids is 1. The van der Waals surface area contributed by atoms with Crippen molar-refractivity contribution < 1.29 is 9.90 Å². The van der Waals surface area contributed by atoms with E-state index in [1.807, 2.05) is 30.3 Å². The van der Waals surface area contributed by atoms with Gasteiger partial charge in [0.1, 0.15) is 0 Å². The predicted molar refractivity (Wildman–Crippen MR) is 57.0 cm³/mol. The van der Waals surface area contributed by atoms with Gasteiger partial charge in [0.05, 0.1) is 5.56 Å². The Morgan fingerprint density at radius 2 is 1.93 bits per heavy atom. The van der Waals surface area contributed by atoms with E-state index in [0.29, 0.717) is 12.0 Å². The van der Waals surface area contributed by atoms with Crippen LogP contribution in [0.2, 0.25) is 0 Å². The van der Waals surface area contributed by atoms with Crippen LogP contribution in [0, 0.1) is 0 Å². The first-order valence-electron chi connectivity index (χ1n) is 4.70. The standard InChI is InChI=1S/C12H11NO2/c14-12(15)11-8-13-7-10(11)6-9-4-2-1-3-5-9/h1-5,7-8,13H,6H2,(H,14,15). The van der Waals surface area contributed by atoms with Crippen LogP contribution in [0.5, 0.6) is 0 Å². The lowest BCUT2D eigenvalue weighted by Gasteiger charge is -2.00. The van der Waals surface area contributed by atoms with Gasteiger partial charge in [0.15, 0.2) is 0 Å². The summed E-state index contributed by atoms with van der Waals surface area (Å²) in [6.07, 6.45) is 3.89. The largest absolute Gasteiger partial charge is 0.478 e. The lowest BCUT2D eigenvalue weighted by Crippen LogP contribution is -1.99. The molecule has 0 saturated carbocycles. The van der Waals surface area contributed by atoms with Gasteiger partial charge in [-0.3, -0.25) is 0 Å². The molecule has 0 aliphatic rings. The second-order valence-corrected chi connectivity index (χ2v) is 3.36. The lowest BCUT2D eigenvalue weighted by molar-refractivity contribution is 0.0696. The van der Waals surface area contributed by atoms with Gasteiger partial charge < -0.3 is 10.1 Å². The fourth-order valence-corrected chi connectivity index (χ4v) is 1.56. The van der Waals surface area contributed by atoms with Crippen molar-refractivity contribution in [2.45, 2.75) is 6.42 Å². The van der Waals surface area contributed by atoms with E-state index in [4.69, 9.17) is 5.11 Å². The molecule has 0 aliphatic heterocycles. The summed E-state index contributed by atoms with van der Waals surface area (Å²) in [5.41, 5.74) is 2.27. The molecule has 76 valence electrons. The summed E-state index contributed by atoms with van der Waals surface area (Å²) in [6, 6.07) is 9.81. The van der Waals surface area contributed by atoms with Crippen LogP contribution in [0.4, 0.5) is 0 Å². The fourth-order valence-electron chi connectivity index (χ4n) is 1.56. The van der Waals surface area contributed by atoms with Crippen LogP contribution in [0.15, 0.2) is 42.7 Å². The summed E-state index contributed by atoms with van der Waals surface area (Å²) in [7, 11) is 0. The van der Waals surface area contributed by atoms with Crippen molar-refractivity contribution >= 4 is 5.97 Å². The Bertz CT molecular complexity index is 459. The van der Waals surface area contributed by atoms with E-state index >= 15 is 0 Å². The van der Waals surface area contributed by atoms with Crippen molar-refractivity contribution in [3.63, 3.8) is 0 Å². The second kappa shape index (κ2) is 4.00. The third-order valence-corrected chi connectivity index (χ3v) is 2.30. The zero-order valence-electron chi connectivity index (χ0n) is 8.10. The third-order valence-electron chi connectivity index (χ3n) is 2.30. The average Bonchev–Trinajstić information content (AvgIpc) is 2.67. The predicted octanol–water partition coefficient (Wildman–Crippen LogP) is 2.30. The molecule has 1 aromatic carbocycles. The number of aromatic carboxylic acids is 1. The molecule has 1 heterocycles. The minimum absolute atomic E-state index is 0.346. The molecule has 0 radical (unpaired) electrons. The van der Waals surface area contributed by atoms with Crippen LogP contribution in [-0.2, 0) is 6.42 Å². The van der Waals surface area contributed by atoms with Gasteiger partial charge in [0.25, 0.3) is 0 Å². The third kappa shape index (κ3) is 2.07. The molecule has 2 aromatic rings. The van der Waals surface area contributed by atoms with E-state index in [0.717, 1.165) is 11.1 Å². The van der Waals surface area contributed by atoms with Crippen LogP contribution in [0.25, 0.3) is 0 Å². The molecule has 0 amide bonds. The van der Waals surface area contributed by atoms with Gasteiger partial charge in [0, 0.05) is 12.4 Å². The minimum atomic E-state index is -0.887. The Morgan fingerprint density at radius 1 is 1.20 bits per heavy atom. The summed E-state index contributed by atoms with van der Waals surface area (Å²) in [5, 5.41) is 8.91. The molecule has 3 heteroatoms. The van der Waals surface area contributed by atoms with E-state index in [1.54, 1.807) is 6.20 Å². The van der Waals surface area contributed by atoms with E-state index < -0.39 is 5.97 Å². The second-order valence-electron chi connectivity index (χ2n) is 3.36. The highest BCUT2D eigenvalue weighted by Crippen LogP contribution is 2.13. The molecule has 0 spiro atoms. The smallest absolute Gasteiger partial charge is 0.337 e. The van der Waals surface area contributed by atoms with E-state index in [-0.39, 0.29) is 0 Å². The summed E-state index contributed by atoms with van der Waals surface area (Å²) in [6.45, 7) is 0. The van der Waals surface area contributed by atoms with Gasteiger partial charge >= 0.3 is 5.97 Å². The molecule has 0 saturated heterocycles. The number of carbonyl (C=O) groups is 1. The van der Waals surface area contributed by atoms with Gasteiger partial charge in [-0.05, 0) is 17.5 Å². The van der Waals surface area contributed by atoms with Crippen LogP contribution in [0.1, 0.15) is 21.5 Å². The van der Waals surface area contributed by atoms with Crippen molar-refractivity contribution in [1.29, 1.82) is 0 Å². The number of H-pyrrole nitrogens is 1. The van der Waals surface area contributed by atoms with Crippen molar-refractivity contribution in [3.8, 4) is 0 Å². The molecule has 1 aromatic heterocycles. The number of carboxylic acid groups (broad SMARTS) is 1. The number of rotatable bonds is 3. The molecule has 0 unspecified atom stereocenters. The van der Waals surface area contributed by atoms with Crippen LogP contribution in [-0.4, -0.2) is 16.1 Å². The first-order chi connectivity index (χ1) is 7.27. The highest BCUT2D eigenvalue weighted by Gasteiger charge is 2.10. The maximum Gasteiger partial charge on any atom is 0.337 e. The topological polar surface area (TPSA) is 53.1 Å². The Labute approximate surface area is 87.4 Å². The molecule has 0 fully saturated rings. The number of hydrogen-bond donors (Lipinski definition) is 2.